The van der Waals surface area contributed by atoms with Gasteiger partial charge >= 0.3 is 5.97 Å². The highest BCUT2D eigenvalue weighted by molar-refractivity contribution is 5.87. The maximum absolute atomic E-state index is 12.3. The number of carboxylic acids is 1. The number of hydrogen-bond donors (Lipinski definition) is 2. The van der Waals surface area contributed by atoms with E-state index in [9.17, 15) is 14.7 Å². The summed E-state index contributed by atoms with van der Waals surface area (Å²) in [7, 11) is 3.24. The lowest BCUT2D eigenvalue weighted by molar-refractivity contribution is -0.160. The number of aliphatic carboxylic acids is 1. The van der Waals surface area contributed by atoms with Crippen LogP contribution in [0.4, 0.5) is 0 Å². The van der Waals surface area contributed by atoms with Crippen LogP contribution in [0.2, 0.25) is 0 Å². The molecule has 0 unspecified atom stereocenters. The van der Waals surface area contributed by atoms with Gasteiger partial charge in [-0.2, -0.15) is 0 Å². The fraction of sp³-hybridized carbons (Fsp3) is 0.714. The van der Waals surface area contributed by atoms with Crippen LogP contribution in [0.15, 0.2) is 36.0 Å². The van der Waals surface area contributed by atoms with Gasteiger partial charge in [0.1, 0.15) is 17.8 Å². The number of nitrogens with one attached hydrogen (secondary N) is 1. The van der Waals surface area contributed by atoms with Gasteiger partial charge in [0.15, 0.2) is 0 Å². The molecule has 3 aliphatic heterocycles. The van der Waals surface area contributed by atoms with E-state index in [1.54, 1.807) is 20.3 Å². The zero-order chi connectivity index (χ0) is 27.2. The van der Waals surface area contributed by atoms with E-state index >= 15 is 0 Å². The molecule has 208 valence electrons. The Labute approximate surface area is 220 Å². The molecular weight excluding hydrogens is 478 g/mol. The third kappa shape index (κ3) is 8.22. The van der Waals surface area contributed by atoms with Gasteiger partial charge in [0.25, 0.3) is 0 Å². The molecular formula is C28H43NO8. The molecule has 9 heteroatoms. The van der Waals surface area contributed by atoms with E-state index < -0.39 is 17.7 Å². The third-order valence-corrected chi connectivity index (χ3v) is 7.57. The van der Waals surface area contributed by atoms with Crippen molar-refractivity contribution in [2.75, 3.05) is 20.8 Å². The van der Waals surface area contributed by atoms with Crippen molar-refractivity contribution in [3.63, 3.8) is 0 Å². The van der Waals surface area contributed by atoms with Crippen molar-refractivity contribution in [2.24, 2.45) is 5.92 Å². The van der Waals surface area contributed by atoms with Crippen molar-refractivity contribution < 1.29 is 38.4 Å². The maximum Gasteiger partial charge on any atom is 0.305 e. The number of rotatable bonds is 11. The molecule has 9 nitrogen and oxygen atoms in total. The Morgan fingerprint density at radius 3 is 2.57 bits per heavy atom. The number of allylic oxidation sites excluding steroid dienone is 2. The standard InChI is InChI=1S/C28H43NO8/c1-17(8-11-24-27(34-6)28(16-35-28)15-21(37-24)14-26(31)32)7-10-23-18(2)13-22(20(4)36-23)29-25(30)12-9-19(3)33-5/h7-9,11-12,18-24,27H,10,13-16H2,1-6H3,(H,29,30)(H,31,32)/b11-8+,12-9-,17-7+/t18-,19-,20+,21+,22+,23-,24+,27+,28+/m0/s1. The summed E-state index contributed by atoms with van der Waals surface area (Å²) in [6, 6.07) is -0.0450. The molecule has 9 atom stereocenters. The Morgan fingerprint density at radius 1 is 1.22 bits per heavy atom. The second kappa shape index (κ2) is 13.2. The van der Waals surface area contributed by atoms with Gasteiger partial charge in [0.05, 0.1) is 43.5 Å². The molecule has 0 aromatic rings. The molecule has 0 aromatic carbocycles. The van der Waals surface area contributed by atoms with Gasteiger partial charge in [-0.15, -0.1) is 0 Å². The van der Waals surface area contributed by atoms with Crippen molar-refractivity contribution in [3.05, 3.63) is 36.0 Å². The number of carbonyl (C=O) groups excluding carboxylic acids is 1. The van der Waals surface area contributed by atoms with E-state index in [0.29, 0.717) is 13.0 Å². The van der Waals surface area contributed by atoms with Crippen LogP contribution < -0.4 is 5.32 Å². The first-order chi connectivity index (χ1) is 17.6. The molecule has 2 N–H and O–H groups in total. The highest BCUT2D eigenvalue weighted by Gasteiger charge is 2.59. The third-order valence-electron chi connectivity index (χ3n) is 7.57. The first-order valence-electron chi connectivity index (χ1n) is 13.1. The molecule has 0 saturated carbocycles. The van der Waals surface area contributed by atoms with Crippen LogP contribution in [0.3, 0.4) is 0 Å². The summed E-state index contributed by atoms with van der Waals surface area (Å²) in [5.41, 5.74) is 0.603. The number of ether oxygens (including phenoxy) is 5. The van der Waals surface area contributed by atoms with Gasteiger partial charge < -0.3 is 34.1 Å². The average Bonchev–Trinajstić information content (AvgIpc) is 3.60. The van der Waals surface area contributed by atoms with E-state index in [-0.39, 0.29) is 54.8 Å². The highest BCUT2D eigenvalue weighted by atomic mass is 16.6. The van der Waals surface area contributed by atoms with Crippen molar-refractivity contribution in [1.29, 1.82) is 0 Å². The van der Waals surface area contributed by atoms with E-state index in [0.717, 1.165) is 18.4 Å². The molecule has 3 aliphatic rings. The summed E-state index contributed by atoms with van der Waals surface area (Å²) >= 11 is 0. The highest BCUT2D eigenvalue weighted by Crippen LogP contribution is 2.44. The number of carboxylic acid groups (broad SMARTS) is 1. The van der Waals surface area contributed by atoms with Crippen LogP contribution in [-0.2, 0) is 33.3 Å². The molecule has 0 aromatic heterocycles. The molecule has 3 rings (SSSR count). The molecule has 0 aliphatic carbocycles. The Morgan fingerprint density at radius 2 is 1.95 bits per heavy atom. The zero-order valence-corrected chi connectivity index (χ0v) is 22.8. The predicted octanol–water partition coefficient (Wildman–Crippen LogP) is 3.18. The van der Waals surface area contributed by atoms with Crippen LogP contribution in [0.25, 0.3) is 0 Å². The first kappa shape index (κ1) is 29.5. The predicted molar refractivity (Wildman–Crippen MR) is 138 cm³/mol. The smallest absolute Gasteiger partial charge is 0.305 e. The summed E-state index contributed by atoms with van der Waals surface area (Å²) in [6.45, 7) is 8.60. The average molecular weight is 522 g/mol. The Bertz CT molecular complexity index is 879. The largest absolute Gasteiger partial charge is 0.481 e. The van der Waals surface area contributed by atoms with Crippen LogP contribution in [0.5, 0.6) is 0 Å². The molecule has 1 spiro atoms. The minimum Gasteiger partial charge on any atom is -0.481 e. The van der Waals surface area contributed by atoms with Crippen LogP contribution in [-0.4, -0.2) is 86.1 Å². The first-order valence-corrected chi connectivity index (χ1v) is 13.1. The molecule has 3 fully saturated rings. The van der Waals surface area contributed by atoms with Gasteiger partial charge in [0, 0.05) is 26.7 Å². The lowest BCUT2D eigenvalue weighted by Crippen LogP contribution is -2.51. The minimum atomic E-state index is -0.884. The van der Waals surface area contributed by atoms with Crippen molar-refractivity contribution in [3.8, 4) is 0 Å². The summed E-state index contributed by atoms with van der Waals surface area (Å²) in [6.07, 6.45) is 10.1. The SMILES string of the molecule is CO[C@@H]1[C@@H](/C=C/C(C)=C/C[C@@H]2O[C@H](C)[C@H](NC(=O)/C=C\[C@H](C)OC)C[C@@H]2C)O[C@H](CC(=O)O)C[C@@]12CO2. The van der Waals surface area contributed by atoms with E-state index in [1.807, 2.05) is 32.9 Å². The van der Waals surface area contributed by atoms with Gasteiger partial charge in [-0.05, 0) is 39.5 Å². The lowest BCUT2D eigenvalue weighted by atomic mass is 9.87. The molecule has 1 amide bonds. The second-order valence-corrected chi connectivity index (χ2v) is 10.6. The van der Waals surface area contributed by atoms with Gasteiger partial charge in [-0.3, -0.25) is 9.59 Å². The molecule has 3 heterocycles. The molecule has 37 heavy (non-hydrogen) atoms. The van der Waals surface area contributed by atoms with Crippen LogP contribution in [0, 0.1) is 5.92 Å². The van der Waals surface area contributed by atoms with E-state index in [1.165, 1.54) is 6.08 Å². The quantitative estimate of drug-likeness (QED) is 0.242. The normalized spacial score (nSPS) is 37.2. The van der Waals surface area contributed by atoms with Crippen LogP contribution >= 0.6 is 0 Å². The van der Waals surface area contributed by atoms with E-state index in [2.05, 4.69) is 18.3 Å². The molecule has 0 bridgehead atoms. The zero-order valence-electron chi connectivity index (χ0n) is 22.8. The minimum absolute atomic E-state index is 0.0450. The Kier molecular flexibility index (Phi) is 10.5. The number of epoxide rings is 1. The van der Waals surface area contributed by atoms with Gasteiger partial charge in [-0.1, -0.05) is 36.8 Å². The summed E-state index contributed by atoms with van der Waals surface area (Å²) in [4.78, 5) is 23.5. The second-order valence-electron chi connectivity index (χ2n) is 10.6. The molecule has 3 saturated heterocycles. The number of carbonyl (C=O) groups is 2. The van der Waals surface area contributed by atoms with Crippen LogP contribution in [0.1, 0.15) is 53.4 Å². The fourth-order valence-electron chi connectivity index (χ4n) is 5.19. The Balaban J connectivity index is 1.54. The van der Waals surface area contributed by atoms with E-state index in [4.69, 9.17) is 23.7 Å². The summed E-state index contributed by atoms with van der Waals surface area (Å²) < 4.78 is 28.9. The van der Waals surface area contributed by atoms with Crippen molar-refractivity contribution in [2.45, 2.75) is 102 Å². The number of amides is 1. The van der Waals surface area contributed by atoms with Crippen molar-refractivity contribution >= 4 is 11.9 Å². The Hall–Kier alpha value is -2.04. The summed E-state index contributed by atoms with van der Waals surface area (Å²) in [5.74, 6) is -0.746. The molecule has 0 radical (unpaired) electrons. The maximum atomic E-state index is 12.3. The monoisotopic (exact) mass is 521 g/mol. The number of methoxy groups -OCH3 is 2. The lowest BCUT2D eigenvalue weighted by Gasteiger charge is -2.39. The van der Waals surface area contributed by atoms with Gasteiger partial charge in [0.2, 0.25) is 5.91 Å². The number of hydrogen-bond acceptors (Lipinski definition) is 7. The summed E-state index contributed by atoms with van der Waals surface area (Å²) in [5, 5.41) is 12.3. The van der Waals surface area contributed by atoms with Crippen molar-refractivity contribution in [1.82, 2.24) is 5.32 Å². The topological polar surface area (TPSA) is 116 Å². The fourth-order valence-corrected chi connectivity index (χ4v) is 5.19. The van der Waals surface area contributed by atoms with Gasteiger partial charge in [-0.25, -0.2) is 0 Å².